The number of ether oxygens (including phenoxy) is 3. The number of phenolic OH excluding ortho intramolecular Hbond substituents is 1. The molecule has 4 rings (SSSR count). The van der Waals surface area contributed by atoms with Crippen molar-refractivity contribution in [3.63, 3.8) is 0 Å². The molecular weight excluding hydrogens is 448 g/mol. The zero-order valence-corrected chi connectivity index (χ0v) is 18.8. The first-order valence-corrected chi connectivity index (χ1v) is 10.8. The van der Waals surface area contributed by atoms with Crippen molar-refractivity contribution in [3.05, 3.63) is 51.6 Å². The monoisotopic (exact) mass is 474 g/mol. The number of fused-ring (bicyclic) bond motifs is 2. The van der Waals surface area contributed by atoms with Crippen LogP contribution in [0.25, 0.3) is 0 Å². The van der Waals surface area contributed by atoms with Gasteiger partial charge >= 0.3 is 0 Å². The van der Waals surface area contributed by atoms with Crippen LogP contribution in [0.4, 0.5) is 0 Å². The first kappa shape index (κ1) is 24.1. The highest BCUT2D eigenvalue weighted by molar-refractivity contribution is 6.31. The number of hydrogen-bond donors (Lipinski definition) is 5. The Hall–Kier alpha value is -3.02. The number of benzene rings is 2. The van der Waals surface area contributed by atoms with E-state index in [9.17, 15) is 35.1 Å². The quantitative estimate of drug-likeness (QED) is 0.346. The van der Waals surface area contributed by atoms with Gasteiger partial charge in [-0.15, -0.1) is 0 Å². The molecule has 0 bridgehead atoms. The number of aliphatic hydroxyl groups is 4. The molecule has 1 aliphatic carbocycles. The second-order valence-electron chi connectivity index (χ2n) is 8.34. The Kier molecular flexibility index (Phi) is 6.36. The molecule has 10 heteroatoms. The van der Waals surface area contributed by atoms with E-state index in [0.717, 1.165) is 0 Å². The number of methoxy groups -OCH3 is 1. The lowest BCUT2D eigenvalue weighted by Crippen LogP contribution is -2.60. The van der Waals surface area contributed by atoms with E-state index >= 15 is 0 Å². The van der Waals surface area contributed by atoms with Gasteiger partial charge in [0, 0.05) is 22.8 Å². The normalized spacial score (nSPS) is 26.1. The summed E-state index contributed by atoms with van der Waals surface area (Å²) in [7, 11) is 1.39. The Morgan fingerprint density at radius 2 is 1.65 bits per heavy atom. The molecule has 2 aromatic carbocycles. The molecule has 5 unspecified atom stereocenters. The molecule has 0 spiro atoms. The Bertz CT molecular complexity index is 1160. The van der Waals surface area contributed by atoms with Crippen molar-refractivity contribution in [2.24, 2.45) is 0 Å². The number of carbonyl (C=O) groups excluding carboxylic acids is 2. The van der Waals surface area contributed by atoms with Crippen molar-refractivity contribution in [1.29, 1.82) is 0 Å². The number of aromatic hydroxyl groups is 1. The Morgan fingerprint density at radius 3 is 2.26 bits per heavy atom. The summed E-state index contributed by atoms with van der Waals surface area (Å²) < 4.78 is 16.6. The van der Waals surface area contributed by atoms with Crippen LogP contribution in [0.2, 0.25) is 0 Å². The number of phenols is 1. The molecule has 5 atom stereocenters. The molecule has 1 saturated heterocycles. The standard InChI is InChI=1S/C24H26O10/c1-4-10-13(32-3)7-14(33-24-23(31)22(30)20(28)15(8-25)34-24)18-17(10)19(27)11-5-9(2)6-12(26)16(11)21(18)29/h5-7,15,20,22-26,28,30-31H,4,8H2,1-3H3. The third-order valence-electron chi connectivity index (χ3n) is 6.21. The van der Waals surface area contributed by atoms with Crippen LogP contribution >= 0.6 is 0 Å². The highest BCUT2D eigenvalue weighted by atomic mass is 16.7. The van der Waals surface area contributed by atoms with Gasteiger partial charge in [-0.25, -0.2) is 0 Å². The van der Waals surface area contributed by atoms with E-state index in [0.29, 0.717) is 17.5 Å². The number of ketones is 2. The first-order valence-electron chi connectivity index (χ1n) is 10.8. The molecule has 0 amide bonds. The molecule has 2 aromatic rings. The van der Waals surface area contributed by atoms with E-state index in [2.05, 4.69) is 0 Å². The molecule has 0 saturated carbocycles. The average molecular weight is 474 g/mol. The van der Waals surface area contributed by atoms with Crippen LogP contribution in [0.15, 0.2) is 18.2 Å². The molecule has 10 nitrogen and oxygen atoms in total. The average Bonchev–Trinajstić information content (AvgIpc) is 2.81. The van der Waals surface area contributed by atoms with Crippen LogP contribution in [0.1, 0.15) is 49.9 Å². The van der Waals surface area contributed by atoms with Gasteiger partial charge in [0.1, 0.15) is 41.7 Å². The van der Waals surface area contributed by atoms with Crippen LogP contribution in [0.3, 0.4) is 0 Å². The van der Waals surface area contributed by atoms with E-state index in [4.69, 9.17) is 14.2 Å². The third-order valence-corrected chi connectivity index (χ3v) is 6.21. The molecule has 2 aliphatic rings. The Morgan fingerprint density at radius 1 is 0.941 bits per heavy atom. The smallest absolute Gasteiger partial charge is 0.229 e. The molecule has 1 fully saturated rings. The summed E-state index contributed by atoms with van der Waals surface area (Å²) in [6, 6.07) is 4.26. The fourth-order valence-corrected chi connectivity index (χ4v) is 4.51. The summed E-state index contributed by atoms with van der Waals surface area (Å²) in [4.78, 5) is 27.1. The summed E-state index contributed by atoms with van der Waals surface area (Å²) in [5, 5.41) is 50.5. The minimum Gasteiger partial charge on any atom is -0.507 e. The minimum absolute atomic E-state index is 0.0453. The van der Waals surface area contributed by atoms with E-state index in [1.54, 1.807) is 13.8 Å². The van der Waals surface area contributed by atoms with Gasteiger partial charge in [-0.05, 0) is 31.0 Å². The second-order valence-corrected chi connectivity index (χ2v) is 8.34. The zero-order valence-electron chi connectivity index (χ0n) is 18.8. The van der Waals surface area contributed by atoms with E-state index in [1.165, 1.54) is 25.3 Å². The fraction of sp³-hybridized carbons (Fsp3) is 0.417. The largest absolute Gasteiger partial charge is 0.507 e. The molecular formula is C24H26O10. The number of aryl methyl sites for hydroxylation is 1. The van der Waals surface area contributed by atoms with Crippen molar-refractivity contribution in [2.45, 2.75) is 51.0 Å². The van der Waals surface area contributed by atoms with Crippen LogP contribution in [-0.4, -0.2) is 81.5 Å². The van der Waals surface area contributed by atoms with Crippen LogP contribution < -0.4 is 9.47 Å². The molecule has 0 radical (unpaired) electrons. The zero-order chi connectivity index (χ0) is 24.9. The van der Waals surface area contributed by atoms with E-state index in [-0.39, 0.29) is 39.5 Å². The van der Waals surface area contributed by atoms with E-state index in [1.807, 2.05) is 0 Å². The summed E-state index contributed by atoms with van der Waals surface area (Å²) in [6.07, 6.45) is -7.51. The van der Waals surface area contributed by atoms with Gasteiger partial charge in [0.25, 0.3) is 0 Å². The predicted octanol–water partition coefficient (Wildman–Crippen LogP) is 0.226. The minimum atomic E-state index is -1.73. The van der Waals surface area contributed by atoms with Crippen molar-refractivity contribution in [1.82, 2.24) is 0 Å². The maximum atomic E-state index is 13.6. The van der Waals surface area contributed by atoms with Gasteiger partial charge in [0.15, 0.2) is 5.78 Å². The van der Waals surface area contributed by atoms with Crippen LogP contribution in [-0.2, 0) is 11.2 Å². The maximum Gasteiger partial charge on any atom is 0.229 e. The van der Waals surface area contributed by atoms with Crippen molar-refractivity contribution in [2.75, 3.05) is 13.7 Å². The Balaban J connectivity index is 1.89. The third kappa shape index (κ3) is 3.64. The fourth-order valence-electron chi connectivity index (χ4n) is 4.51. The lowest BCUT2D eigenvalue weighted by molar-refractivity contribution is -0.277. The molecule has 182 valence electrons. The van der Waals surface area contributed by atoms with Crippen molar-refractivity contribution >= 4 is 11.6 Å². The highest BCUT2D eigenvalue weighted by Gasteiger charge is 2.46. The highest BCUT2D eigenvalue weighted by Crippen LogP contribution is 2.43. The molecule has 5 N–H and O–H groups in total. The number of rotatable bonds is 5. The topological polar surface area (TPSA) is 163 Å². The summed E-state index contributed by atoms with van der Waals surface area (Å²) in [5.74, 6) is -1.46. The Labute approximate surface area is 194 Å². The molecule has 34 heavy (non-hydrogen) atoms. The van der Waals surface area contributed by atoms with Gasteiger partial charge in [-0.3, -0.25) is 9.59 Å². The summed E-state index contributed by atoms with van der Waals surface area (Å²) >= 11 is 0. The van der Waals surface area contributed by atoms with Crippen molar-refractivity contribution < 1.29 is 49.3 Å². The predicted molar refractivity (Wildman–Crippen MR) is 116 cm³/mol. The van der Waals surface area contributed by atoms with Gasteiger partial charge in [0.2, 0.25) is 12.1 Å². The first-order chi connectivity index (χ1) is 16.1. The van der Waals surface area contributed by atoms with E-state index < -0.39 is 48.9 Å². The molecule has 0 aromatic heterocycles. The van der Waals surface area contributed by atoms with Crippen LogP contribution in [0, 0.1) is 6.92 Å². The SMILES string of the molecule is CCc1c(OC)cc(OC2OC(CO)C(O)C(O)C2O)c2c1C(=O)c1cc(C)cc(O)c1C2=O. The molecule has 1 aliphatic heterocycles. The summed E-state index contributed by atoms with van der Waals surface area (Å²) in [6.45, 7) is 2.81. The van der Waals surface area contributed by atoms with Gasteiger partial charge in [0.05, 0.1) is 24.8 Å². The van der Waals surface area contributed by atoms with Gasteiger partial charge in [-0.1, -0.05) is 6.92 Å². The summed E-state index contributed by atoms with van der Waals surface area (Å²) in [5.41, 5.74) is 0.837. The number of hydrogen-bond acceptors (Lipinski definition) is 10. The number of carbonyl (C=O) groups is 2. The van der Waals surface area contributed by atoms with Gasteiger partial charge < -0.3 is 39.7 Å². The lowest BCUT2D eigenvalue weighted by atomic mass is 9.79. The van der Waals surface area contributed by atoms with Crippen molar-refractivity contribution in [3.8, 4) is 17.2 Å². The number of aliphatic hydroxyl groups excluding tert-OH is 4. The molecule has 1 heterocycles. The lowest BCUT2D eigenvalue weighted by Gasteiger charge is -2.40. The van der Waals surface area contributed by atoms with Crippen LogP contribution in [0.5, 0.6) is 17.2 Å². The van der Waals surface area contributed by atoms with Gasteiger partial charge in [-0.2, -0.15) is 0 Å². The second kappa shape index (κ2) is 8.97. The maximum absolute atomic E-state index is 13.6.